The van der Waals surface area contributed by atoms with E-state index in [-0.39, 0.29) is 6.04 Å². The van der Waals surface area contributed by atoms with E-state index in [1.807, 2.05) is 31.8 Å². The average molecular weight is 333 g/mol. The molecule has 2 aromatic heterocycles. The van der Waals surface area contributed by atoms with Gasteiger partial charge in [0.25, 0.3) is 0 Å². The second-order valence-electron chi connectivity index (χ2n) is 4.16. The summed E-state index contributed by atoms with van der Waals surface area (Å²) in [5.41, 5.74) is 2.95. The molecule has 0 amide bonds. The van der Waals surface area contributed by atoms with Crippen molar-refractivity contribution >= 4 is 27.5 Å². The van der Waals surface area contributed by atoms with Gasteiger partial charge in [0.15, 0.2) is 4.67 Å². The number of aryl methyl sites for hydroxylation is 2. The molecule has 2 aromatic rings. The Labute approximate surface area is 119 Å². The molecule has 6 heteroatoms. The van der Waals surface area contributed by atoms with Gasteiger partial charge in [0.2, 0.25) is 0 Å². The minimum Gasteiger partial charge on any atom is -0.457 e. The minimum atomic E-state index is 0.130. The van der Waals surface area contributed by atoms with E-state index >= 15 is 0 Å². The lowest BCUT2D eigenvalue weighted by Gasteiger charge is -2.15. The van der Waals surface area contributed by atoms with E-state index in [0.717, 1.165) is 33.1 Å². The maximum Gasteiger partial charge on any atom is 0.173 e. The van der Waals surface area contributed by atoms with Crippen molar-refractivity contribution in [3.05, 3.63) is 39.0 Å². The van der Waals surface area contributed by atoms with Gasteiger partial charge in [0.1, 0.15) is 0 Å². The molecule has 0 aliphatic carbocycles. The Hall–Kier alpha value is -0.780. The van der Waals surface area contributed by atoms with Crippen molar-refractivity contribution in [1.29, 1.82) is 0 Å². The average Bonchev–Trinajstić information content (AvgIpc) is 2.84. The van der Waals surface area contributed by atoms with Crippen LogP contribution in [0.5, 0.6) is 0 Å². The molecule has 4 nitrogen and oxygen atoms in total. The van der Waals surface area contributed by atoms with Crippen LogP contribution in [0.4, 0.5) is 0 Å². The summed E-state index contributed by atoms with van der Waals surface area (Å²) < 4.78 is 7.85. The van der Waals surface area contributed by atoms with Crippen LogP contribution in [0.1, 0.15) is 23.0 Å². The highest BCUT2D eigenvalue weighted by Gasteiger charge is 2.20. The molecule has 0 aromatic carbocycles. The van der Waals surface area contributed by atoms with E-state index in [2.05, 4.69) is 26.3 Å². The first-order chi connectivity index (χ1) is 8.54. The molecular weight excluding hydrogens is 318 g/mol. The number of halogens is 2. The normalized spacial score (nSPS) is 12.9. The van der Waals surface area contributed by atoms with E-state index in [1.54, 1.807) is 6.26 Å². The van der Waals surface area contributed by atoms with Gasteiger partial charge in [-0.3, -0.25) is 4.68 Å². The fourth-order valence-electron chi connectivity index (χ4n) is 2.02. The molecule has 1 atom stereocenters. The van der Waals surface area contributed by atoms with Gasteiger partial charge < -0.3 is 9.73 Å². The summed E-state index contributed by atoms with van der Waals surface area (Å²) in [5, 5.41) is 8.32. The number of hydrogen-bond acceptors (Lipinski definition) is 3. The molecule has 0 aliphatic rings. The summed E-state index contributed by atoms with van der Waals surface area (Å²) in [6.45, 7) is 1.91. The molecule has 0 fully saturated rings. The zero-order chi connectivity index (χ0) is 13.3. The quantitative estimate of drug-likeness (QED) is 0.934. The van der Waals surface area contributed by atoms with Crippen LogP contribution in [-0.2, 0) is 13.5 Å². The maximum atomic E-state index is 6.27. The first-order valence-electron chi connectivity index (χ1n) is 5.62. The van der Waals surface area contributed by atoms with Crippen LogP contribution < -0.4 is 5.32 Å². The molecule has 0 spiro atoms. The van der Waals surface area contributed by atoms with Crippen molar-refractivity contribution in [2.45, 2.75) is 19.4 Å². The summed E-state index contributed by atoms with van der Waals surface area (Å²) in [6.07, 6.45) is 2.42. The lowest BCUT2D eigenvalue weighted by Crippen LogP contribution is -2.20. The first kappa shape index (κ1) is 13.6. The van der Waals surface area contributed by atoms with E-state index in [1.165, 1.54) is 0 Å². The molecule has 0 aliphatic heterocycles. The molecule has 1 unspecified atom stereocenters. The Morgan fingerprint density at radius 3 is 2.78 bits per heavy atom. The third-order valence-corrected chi connectivity index (χ3v) is 4.17. The summed E-state index contributed by atoms with van der Waals surface area (Å²) in [5.74, 6) is 0. The first-order valence-corrected chi connectivity index (χ1v) is 6.79. The van der Waals surface area contributed by atoms with Crippen molar-refractivity contribution < 1.29 is 4.42 Å². The van der Waals surface area contributed by atoms with Crippen molar-refractivity contribution in [3.8, 4) is 0 Å². The van der Waals surface area contributed by atoms with Gasteiger partial charge in [0, 0.05) is 25.1 Å². The predicted molar refractivity (Wildman–Crippen MR) is 74.9 cm³/mol. The van der Waals surface area contributed by atoms with Crippen molar-refractivity contribution in [3.63, 3.8) is 0 Å². The van der Waals surface area contributed by atoms with Gasteiger partial charge in [-0.05, 0) is 36.0 Å². The number of furan rings is 1. The summed E-state index contributed by atoms with van der Waals surface area (Å²) in [7, 11) is 3.83. The third kappa shape index (κ3) is 2.48. The van der Waals surface area contributed by atoms with Crippen LogP contribution >= 0.6 is 27.5 Å². The van der Waals surface area contributed by atoms with Crippen molar-refractivity contribution in [2.75, 3.05) is 7.05 Å². The Morgan fingerprint density at radius 2 is 2.33 bits per heavy atom. The highest BCUT2D eigenvalue weighted by molar-refractivity contribution is 9.10. The van der Waals surface area contributed by atoms with E-state index in [0.29, 0.717) is 0 Å². The molecule has 0 saturated carbocycles. The Morgan fingerprint density at radius 1 is 1.61 bits per heavy atom. The molecule has 2 heterocycles. The second kappa shape index (κ2) is 5.47. The molecule has 0 radical (unpaired) electrons. The summed E-state index contributed by atoms with van der Waals surface area (Å²) in [6, 6.07) is 2.08. The molecule has 98 valence electrons. The van der Waals surface area contributed by atoms with Gasteiger partial charge >= 0.3 is 0 Å². The minimum absolute atomic E-state index is 0.130. The smallest absolute Gasteiger partial charge is 0.173 e. The lowest BCUT2D eigenvalue weighted by molar-refractivity contribution is 0.512. The summed E-state index contributed by atoms with van der Waals surface area (Å²) in [4.78, 5) is 0. The van der Waals surface area contributed by atoms with Crippen LogP contribution in [0.2, 0.25) is 5.02 Å². The van der Waals surface area contributed by atoms with Gasteiger partial charge in [-0.15, -0.1) is 0 Å². The van der Waals surface area contributed by atoms with Gasteiger partial charge in [-0.1, -0.05) is 11.6 Å². The van der Waals surface area contributed by atoms with Crippen LogP contribution in [0.3, 0.4) is 0 Å². The van der Waals surface area contributed by atoms with Gasteiger partial charge in [-0.25, -0.2) is 0 Å². The highest BCUT2D eigenvalue weighted by Crippen LogP contribution is 2.29. The standard InChI is InChI=1S/C12H15BrClN3O/c1-7-11(14)10(17(3)16-7)6-9(15-2)8-4-5-18-12(8)13/h4-5,9,15H,6H2,1-3H3. The molecule has 2 rings (SSSR count). The lowest BCUT2D eigenvalue weighted by atomic mass is 10.1. The summed E-state index contributed by atoms with van der Waals surface area (Å²) >= 11 is 9.67. The highest BCUT2D eigenvalue weighted by atomic mass is 79.9. The van der Waals surface area contributed by atoms with Crippen LogP contribution in [0, 0.1) is 6.92 Å². The number of rotatable bonds is 4. The zero-order valence-corrected chi connectivity index (χ0v) is 12.8. The number of likely N-dealkylation sites (N-methyl/N-ethyl adjacent to an activating group) is 1. The molecule has 1 N–H and O–H groups in total. The SMILES string of the molecule is CNC(Cc1c(Cl)c(C)nn1C)c1ccoc1Br. The Balaban J connectivity index is 2.29. The largest absolute Gasteiger partial charge is 0.457 e. The fourth-order valence-corrected chi connectivity index (χ4v) is 2.77. The van der Waals surface area contributed by atoms with Gasteiger partial charge in [-0.2, -0.15) is 5.10 Å². The van der Waals surface area contributed by atoms with Crippen LogP contribution in [0.25, 0.3) is 0 Å². The predicted octanol–water partition coefficient (Wildman–Crippen LogP) is 3.24. The number of hydrogen-bond donors (Lipinski definition) is 1. The number of nitrogens with one attached hydrogen (secondary N) is 1. The zero-order valence-electron chi connectivity index (χ0n) is 10.5. The monoisotopic (exact) mass is 331 g/mol. The topological polar surface area (TPSA) is 43.0 Å². The maximum absolute atomic E-state index is 6.27. The van der Waals surface area contributed by atoms with E-state index in [9.17, 15) is 0 Å². The van der Waals surface area contributed by atoms with Crippen molar-refractivity contribution in [1.82, 2.24) is 15.1 Å². The van der Waals surface area contributed by atoms with E-state index in [4.69, 9.17) is 16.0 Å². The Bertz CT molecular complexity index is 550. The molecule has 0 bridgehead atoms. The molecule has 18 heavy (non-hydrogen) atoms. The van der Waals surface area contributed by atoms with Gasteiger partial charge in [0.05, 0.1) is 22.7 Å². The third-order valence-electron chi connectivity index (χ3n) is 3.03. The Kier molecular flexibility index (Phi) is 4.14. The molecule has 0 saturated heterocycles. The second-order valence-corrected chi connectivity index (χ2v) is 5.26. The van der Waals surface area contributed by atoms with Crippen LogP contribution in [-0.4, -0.2) is 16.8 Å². The number of nitrogens with zero attached hydrogens (tertiary/aromatic N) is 2. The van der Waals surface area contributed by atoms with E-state index < -0.39 is 0 Å². The fraction of sp³-hybridized carbons (Fsp3) is 0.417. The number of aromatic nitrogens is 2. The van der Waals surface area contributed by atoms with Crippen LogP contribution in [0.15, 0.2) is 21.4 Å². The van der Waals surface area contributed by atoms with Crippen molar-refractivity contribution in [2.24, 2.45) is 7.05 Å². The molecular formula is C12H15BrClN3O.